The Morgan fingerprint density at radius 3 is 2.71 bits per heavy atom. The number of carbonyl (C=O) groups is 1. The van der Waals surface area contributed by atoms with Gasteiger partial charge in [-0.15, -0.1) is 11.3 Å². The number of H-pyrrole nitrogens is 1. The van der Waals surface area contributed by atoms with Crippen LogP contribution in [0.1, 0.15) is 16.5 Å². The van der Waals surface area contributed by atoms with E-state index >= 15 is 4.39 Å². The van der Waals surface area contributed by atoms with Gasteiger partial charge in [-0.1, -0.05) is 12.1 Å². The molecule has 0 spiro atoms. The van der Waals surface area contributed by atoms with E-state index in [4.69, 9.17) is 4.74 Å². The Morgan fingerprint density at radius 1 is 1.13 bits per heavy atom. The van der Waals surface area contributed by atoms with Crippen LogP contribution in [0, 0.1) is 5.82 Å². The van der Waals surface area contributed by atoms with Gasteiger partial charge in [-0.05, 0) is 42.0 Å². The molecule has 1 unspecified atom stereocenters. The average Bonchev–Trinajstić information content (AvgIpc) is 3.46. The van der Waals surface area contributed by atoms with Gasteiger partial charge in [0.2, 0.25) is 0 Å². The Labute approximate surface area is 176 Å². The molecule has 3 heterocycles. The van der Waals surface area contributed by atoms with Crippen molar-refractivity contribution in [3.05, 3.63) is 71.1 Å². The SMILES string of the molecule is O=C1OCC(c2ccc(-c3ccc(C(F)(F)F)s3)cc2F)N1c1ccc2nc[nH]c2c1. The topological polar surface area (TPSA) is 58.2 Å². The van der Waals surface area contributed by atoms with E-state index in [2.05, 4.69) is 9.97 Å². The molecule has 1 amide bonds. The van der Waals surface area contributed by atoms with E-state index in [0.29, 0.717) is 33.0 Å². The number of aromatic nitrogens is 2. The smallest absolute Gasteiger partial charge is 0.425 e. The number of amides is 1. The highest BCUT2D eigenvalue weighted by Crippen LogP contribution is 2.40. The molecule has 0 radical (unpaired) electrons. The first-order valence-electron chi connectivity index (χ1n) is 9.17. The molecule has 1 atom stereocenters. The first kappa shape index (κ1) is 19.6. The van der Waals surface area contributed by atoms with E-state index < -0.39 is 29.0 Å². The Kier molecular flexibility index (Phi) is 4.47. The van der Waals surface area contributed by atoms with Crippen LogP contribution in [0.5, 0.6) is 0 Å². The molecule has 0 bridgehead atoms. The maximum atomic E-state index is 15.0. The van der Waals surface area contributed by atoms with Crippen molar-refractivity contribution in [2.24, 2.45) is 0 Å². The molecule has 0 saturated carbocycles. The van der Waals surface area contributed by atoms with E-state index in [-0.39, 0.29) is 12.2 Å². The zero-order valence-corrected chi connectivity index (χ0v) is 16.4. The van der Waals surface area contributed by atoms with Crippen LogP contribution < -0.4 is 4.90 Å². The van der Waals surface area contributed by atoms with Gasteiger partial charge in [-0.2, -0.15) is 13.2 Å². The van der Waals surface area contributed by atoms with Gasteiger partial charge in [0.05, 0.1) is 23.0 Å². The number of alkyl halides is 3. The molecule has 10 heteroatoms. The lowest BCUT2D eigenvalue weighted by Crippen LogP contribution is -2.27. The number of aromatic amines is 1. The monoisotopic (exact) mass is 447 g/mol. The summed E-state index contributed by atoms with van der Waals surface area (Å²) >= 11 is 0.549. The van der Waals surface area contributed by atoms with Gasteiger partial charge in [0.1, 0.15) is 23.3 Å². The van der Waals surface area contributed by atoms with Crippen LogP contribution in [0.2, 0.25) is 0 Å². The van der Waals surface area contributed by atoms with Crippen LogP contribution in [0.3, 0.4) is 0 Å². The summed E-state index contributed by atoms with van der Waals surface area (Å²) in [6.45, 7) is -0.0483. The highest BCUT2D eigenvalue weighted by atomic mass is 32.1. The van der Waals surface area contributed by atoms with Crippen molar-refractivity contribution >= 4 is 34.2 Å². The summed E-state index contributed by atoms with van der Waals surface area (Å²) in [5.41, 5.74) is 2.49. The number of hydrogen-bond acceptors (Lipinski definition) is 4. The van der Waals surface area contributed by atoms with E-state index in [1.54, 1.807) is 24.3 Å². The third kappa shape index (κ3) is 3.42. The van der Waals surface area contributed by atoms with Crippen LogP contribution in [-0.4, -0.2) is 22.7 Å². The Hall–Kier alpha value is -3.40. The number of hydrogen-bond donors (Lipinski definition) is 1. The van der Waals surface area contributed by atoms with Crippen molar-refractivity contribution in [3.8, 4) is 10.4 Å². The molecule has 2 aromatic heterocycles. The van der Waals surface area contributed by atoms with Crippen LogP contribution in [-0.2, 0) is 10.9 Å². The summed E-state index contributed by atoms with van der Waals surface area (Å²) < 4.78 is 58.8. The van der Waals surface area contributed by atoms with E-state index in [9.17, 15) is 18.0 Å². The Morgan fingerprint density at radius 2 is 1.97 bits per heavy atom. The average molecular weight is 447 g/mol. The predicted octanol–water partition coefficient (Wildman–Crippen LogP) is 6.15. The molecule has 0 aliphatic carbocycles. The first-order valence-corrected chi connectivity index (χ1v) is 9.99. The minimum absolute atomic E-state index is 0.0483. The second kappa shape index (κ2) is 7.09. The van der Waals surface area contributed by atoms with E-state index in [1.165, 1.54) is 29.4 Å². The van der Waals surface area contributed by atoms with Gasteiger partial charge in [0.15, 0.2) is 0 Å². The molecule has 2 aromatic carbocycles. The normalized spacial score (nSPS) is 16.8. The molecule has 1 saturated heterocycles. The number of rotatable bonds is 3. The van der Waals surface area contributed by atoms with E-state index in [1.807, 2.05) is 0 Å². The Bertz CT molecular complexity index is 1300. The van der Waals surface area contributed by atoms with Crippen molar-refractivity contribution in [3.63, 3.8) is 0 Å². The Balaban J connectivity index is 1.48. The van der Waals surface area contributed by atoms with Crippen LogP contribution in [0.4, 0.5) is 28.0 Å². The standard InChI is InChI=1S/C21H13F4N3O2S/c22-14-7-11(18-5-6-19(31-18)21(23,24)25)1-3-13(14)17-9-30-20(29)28(17)12-2-4-15-16(8-12)27-10-26-15/h1-8,10,17H,9H2,(H,26,27). The quantitative estimate of drug-likeness (QED) is 0.384. The van der Waals surface area contributed by atoms with Gasteiger partial charge in [-0.25, -0.2) is 14.2 Å². The van der Waals surface area contributed by atoms with E-state index in [0.717, 1.165) is 11.6 Å². The highest BCUT2D eigenvalue weighted by Gasteiger charge is 2.37. The number of imidazole rings is 1. The molecular formula is C21H13F4N3O2S. The molecule has 158 valence electrons. The highest BCUT2D eigenvalue weighted by molar-refractivity contribution is 7.15. The van der Waals surface area contributed by atoms with Crippen molar-refractivity contribution in [2.75, 3.05) is 11.5 Å². The van der Waals surface area contributed by atoms with Gasteiger partial charge >= 0.3 is 12.3 Å². The third-order valence-electron chi connectivity index (χ3n) is 5.08. The lowest BCUT2D eigenvalue weighted by molar-refractivity contribution is -0.134. The van der Waals surface area contributed by atoms with Crippen molar-refractivity contribution in [1.82, 2.24) is 9.97 Å². The number of nitrogens with zero attached hydrogens (tertiary/aromatic N) is 2. The zero-order valence-electron chi connectivity index (χ0n) is 15.6. The second-order valence-electron chi connectivity index (χ2n) is 6.96. The van der Waals surface area contributed by atoms with Gasteiger partial charge < -0.3 is 9.72 Å². The number of thiophene rings is 1. The molecule has 31 heavy (non-hydrogen) atoms. The summed E-state index contributed by atoms with van der Waals surface area (Å²) in [7, 11) is 0. The molecule has 5 rings (SSSR count). The van der Waals surface area contributed by atoms with Crippen LogP contribution in [0.25, 0.3) is 21.5 Å². The van der Waals surface area contributed by atoms with Crippen LogP contribution in [0.15, 0.2) is 54.9 Å². The number of nitrogens with one attached hydrogen (secondary N) is 1. The fraction of sp³-hybridized carbons (Fsp3) is 0.143. The predicted molar refractivity (Wildman–Crippen MR) is 107 cm³/mol. The van der Waals surface area contributed by atoms with Gasteiger partial charge in [0.25, 0.3) is 0 Å². The summed E-state index contributed by atoms with van der Waals surface area (Å²) in [6.07, 6.45) is -3.53. The summed E-state index contributed by atoms with van der Waals surface area (Å²) in [5, 5.41) is 0. The summed E-state index contributed by atoms with van der Waals surface area (Å²) in [5.74, 6) is -0.629. The number of fused-ring (bicyclic) bond motifs is 1. The molecule has 5 nitrogen and oxygen atoms in total. The minimum atomic E-state index is -4.45. The van der Waals surface area contributed by atoms with Crippen molar-refractivity contribution in [2.45, 2.75) is 12.2 Å². The molecule has 4 aromatic rings. The fourth-order valence-electron chi connectivity index (χ4n) is 3.61. The maximum absolute atomic E-state index is 15.0. The maximum Gasteiger partial charge on any atom is 0.425 e. The molecular weight excluding hydrogens is 434 g/mol. The largest absolute Gasteiger partial charge is 0.447 e. The lowest BCUT2D eigenvalue weighted by atomic mass is 10.0. The number of ether oxygens (including phenoxy) is 1. The second-order valence-corrected chi connectivity index (χ2v) is 8.05. The zero-order chi connectivity index (χ0) is 21.8. The molecule has 1 aliphatic rings. The van der Waals surface area contributed by atoms with Crippen LogP contribution >= 0.6 is 11.3 Å². The number of benzene rings is 2. The molecule has 1 N–H and O–H groups in total. The number of anilines is 1. The first-order chi connectivity index (χ1) is 14.8. The minimum Gasteiger partial charge on any atom is -0.447 e. The number of halogens is 4. The number of cyclic esters (lactones) is 1. The summed E-state index contributed by atoms with van der Waals surface area (Å²) in [4.78, 5) is 20.4. The lowest BCUT2D eigenvalue weighted by Gasteiger charge is -2.22. The number of carbonyl (C=O) groups excluding carboxylic acids is 1. The van der Waals surface area contributed by atoms with Gasteiger partial charge in [0, 0.05) is 10.4 Å². The fourth-order valence-corrected chi connectivity index (χ4v) is 4.47. The van der Waals surface area contributed by atoms with Crippen molar-refractivity contribution in [1.29, 1.82) is 0 Å². The summed E-state index contributed by atoms with van der Waals surface area (Å²) in [6, 6.07) is 10.9. The van der Waals surface area contributed by atoms with Crippen molar-refractivity contribution < 1.29 is 27.1 Å². The molecule has 1 fully saturated rings. The molecule has 1 aliphatic heterocycles. The van der Waals surface area contributed by atoms with Gasteiger partial charge in [-0.3, -0.25) is 4.90 Å². The third-order valence-corrected chi connectivity index (χ3v) is 6.26.